The Morgan fingerprint density at radius 1 is 1.03 bits per heavy atom. The molecule has 30 heavy (non-hydrogen) atoms. The normalized spacial score (nSPS) is 11.5. The maximum atomic E-state index is 12.6. The second-order valence-electron chi connectivity index (χ2n) is 7.37. The molecular weight excluding hydrogens is 384 g/mol. The predicted molar refractivity (Wildman–Crippen MR) is 115 cm³/mol. The molecule has 2 aromatic carbocycles. The Morgan fingerprint density at radius 3 is 2.40 bits per heavy atom. The molecule has 7 nitrogen and oxygen atoms in total. The number of ether oxygens (including phenoxy) is 2. The number of hydrogen-bond donors (Lipinski definition) is 2. The highest BCUT2D eigenvalue weighted by atomic mass is 16.5. The van der Waals surface area contributed by atoms with Gasteiger partial charge in [0.1, 0.15) is 11.8 Å². The number of carbonyl (C=O) groups excluding carboxylic acids is 3. The van der Waals surface area contributed by atoms with E-state index in [4.69, 9.17) is 9.47 Å². The van der Waals surface area contributed by atoms with Crippen LogP contribution in [0.2, 0.25) is 0 Å². The minimum Gasteiger partial charge on any atom is -0.496 e. The quantitative estimate of drug-likeness (QED) is 0.649. The molecule has 0 saturated heterocycles. The Morgan fingerprint density at radius 2 is 1.73 bits per heavy atom. The number of benzene rings is 2. The summed E-state index contributed by atoms with van der Waals surface area (Å²) in [5, 5.41) is 5.41. The van der Waals surface area contributed by atoms with E-state index in [0.717, 1.165) is 11.1 Å². The van der Waals surface area contributed by atoms with Gasteiger partial charge in [0.15, 0.2) is 6.61 Å². The van der Waals surface area contributed by atoms with Gasteiger partial charge in [-0.2, -0.15) is 0 Å². The van der Waals surface area contributed by atoms with Gasteiger partial charge in [-0.25, -0.2) is 4.79 Å². The van der Waals surface area contributed by atoms with Crippen molar-refractivity contribution in [3.63, 3.8) is 0 Å². The second-order valence-corrected chi connectivity index (χ2v) is 7.37. The summed E-state index contributed by atoms with van der Waals surface area (Å²) in [5.41, 5.74) is 2.89. The van der Waals surface area contributed by atoms with Crippen molar-refractivity contribution in [3.8, 4) is 5.75 Å². The van der Waals surface area contributed by atoms with Crippen LogP contribution in [0.4, 0.5) is 5.69 Å². The number of anilines is 1. The molecule has 0 saturated carbocycles. The van der Waals surface area contributed by atoms with E-state index in [9.17, 15) is 14.4 Å². The van der Waals surface area contributed by atoms with Gasteiger partial charge in [-0.1, -0.05) is 38.1 Å². The molecule has 0 unspecified atom stereocenters. The molecule has 0 aliphatic rings. The Balaban J connectivity index is 1.99. The van der Waals surface area contributed by atoms with Crippen molar-refractivity contribution in [2.24, 2.45) is 5.92 Å². The van der Waals surface area contributed by atoms with Crippen LogP contribution < -0.4 is 15.4 Å². The SMILES string of the molecule is COc1ccccc1C(=O)N[C@H](C(=O)OCC(=O)Nc1cc(C)ccc1C)C(C)C. The zero-order chi connectivity index (χ0) is 22.3. The molecule has 0 heterocycles. The summed E-state index contributed by atoms with van der Waals surface area (Å²) in [5.74, 6) is -1.42. The molecule has 0 bridgehead atoms. The van der Waals surface area contributed by atoms with E-state index in [-0.39, 0.29) is 5.92 Å². The Kier molecular flexibility index (Phi) is 7.98. The molecule has 2 amide bonds. The smallest absolute Gasteiger partial charge is 0.329 e. The zero-order valence-electron chi connectivity index (χ0n) is 17.9. The number of esters is 1. The Bertz CT molecular complexity index is 924. The first kappa shape index (κ1) is 22.9. The van der Waals surface area contributed by atoms with E-state index in [1.165, 1.54) is 7.11 Å². The van der Waals surface area contributed by atoms with E-state index in [1.54, 1.807) is 38.1 Å². The van der Waals surface area contributed by atoms with Crippen molar-refractivity contribution in [3.05, 3.63) is 59.2 Å². The van der Waals surface area contributed by atoms with Gasteiger partial charge in [-0.05, 0) is 49.1 Å². The lowest BCUT2D eigenvalue weighted by Crippen LogP contribution is -2.46. The number of aryl methyl sites for hydroxylation is 2. The molecule has 2 rings (SSSR count). The van der Waals surface area contributed by atoms with Gasteiger partial charge in [-0.15, -0.1) is 0 Å². The summed E-state index contributed by atoms with van der Waals surface area (Å²) in [6, 6.07) is 11.5. The van der Waals surface area contributed by atoms with E-state index in [2.05, 4.69) is 10.6 Å². The van der Waals surface area contributed by atoms with Crippen molar-refractivity contribution in [1.29, 1.82) is 0 Å². The second kappa shape index (κ2) is 10.4. The predicted octanol–water partition coefficient (Wildman–Crippen LogP) is 3.25. The van der Waals surface area contributed by atoms with Crippen molar-refractivity contribution < 1.29 is 23.9 Å². The number of rotatable bonds is 8. The Hall–Kier alpha value is -3.35. The third-order valence-corrected chi connectivity index (χ3v) is 4.57. The number of hydrogen-bond acceptors (Lipinski definition) is 5. The van der Waals surface area contributed by atoms with Crippen LogP contribution in [0.3, 0.4) is 0 Å². The lowest BCUT2D eigenvalue weighted by molar-refractivity contribution is -0.150. The van der Waals surface area contributed by atoms with E-state index >= 15 is 0 Å². The summed E-state index contributed by atoms with van der Waals surface area (Å²) >= 11 is 0. The maximum absolute atomic E-state index is 12.6. The lowest BCUT2D eigenvalue weighted by atomic mass is 10.0. The molecule has 0 aromatic heterocycles. The average Bonchev–Trinajstić information content (AvgIpc) is 2.72. The van der Waals surface area contributed by atoms with E-state index < -0.39 is 30.4 Å². The van der Waals surface area contributed by atoms with E-state index in [1.807, 2.05) is 32.0 Å². The maximum Gasteiger partial charge on any atom is 0.329 e. The van der Waals surface area contributed by atoms with Gasteiger partial charge in [0.05, 0.1) is 12.7 Å². The standard InChI is InChI=1S/C23H28N2O5/c1-14(2)21(25-22(27)17-8-6-7-9-19(17)29-5)23(28)30-13-20(26)24-18-12-15(3)10-11-16(18)4/h6-12,14,21H,13H2,1-5H3,(H,24,26)(H,25,27)/t21-/m0/s1. The lowest BCUT2D eigenvalue weighted by Gasteiger charge is -2.21. The van der Waals surface area contributed by atoms with Gasteiger partial charge in [0.25, 0.3) is 11.8 Å². The van der Waals surface area contributed by atoms with Crippen LogP contribution in [0.25, 0.3) is 0 Å². The topological polar surface area (TPSA) is 93.7 Å². The summed E-state index contributed by atoms with van der Waals surface area (Å²) in [6.07, 6.45) is 0. The van der Waals surface area contributed by atoms with Crippen LogP contribution in [0.1, 0.15) is 35.3 Å². The van der Waals surface area contributed by atoms with Crippen molar-refractivity contribution in [1.82, 2.24) is 5.32 Å². The highest BCUT2D eigenvalue weighted by molar-refractivity contribution is 5.99. The van der Waals surface area contributed by atoms with Gasteiger partial charge in [0.2, 0.25) is 0 Å². The largest absolute Gasteiger partial charge is 0.496 e. The van der Waals surface area contributed by atoms with Crippen LogP contribution in [0.15, 0.2) is 42.5 Å². The molecule has 0 aliphatic heterocycles. The van der Waals surface area contributed by atoms with Crippen molar-refractivity contribution >= 4 is 23.5 Å². The highest BCUT2D eigenvalue weighted by Gasteiger charge is 2.27. The molecule has 0 fully saturated rings. The third-order valence-electron chi connectivity index (χ3n) is 4.57. The van der Waals surface area contributed by atoms with Crippen LogP contribution in [-0.2, 0) is 14.3 Å². The van der Waals surface area contributed by atoms with Gasteiger partial charge in [-0.3, -0.25) is 9.59 Å². The molecule has 160 valence electrons. The molecule has 2 aromatic rings. The zero-order valence-corrected chi connectivity index (χ0v) is 17.9. The third kappa shape index (κ3) is 6.07. The summed E-state index contributed by atoms with van der Waals surface area (Å²) in [6.45, 7) is 6.92. The first-order chi connectivity index (χ1) is 14.2. The van der Waals surface area contributed by atoms with Crippen molar-refractivity contribution in [2.45, 2.75) is 33.7 Å². The number of nitrogens with one attached hydrogen (secondary N) is 2. The monoisotopic (exact) mass is 412 g/mol. The molecule has 2 N–H and O–H groups in total. The minimum atomic E-state index is -0.907. The van der Waals surface area contributed by atoms with Crippen LogP contribution >= 0.6 is 0 Å². The number of carbonyl (C=O) groups is 3. The summed E-state index contributed by atoms with van der Waals surface area (Å²) in [4.78, 5) is 37.4. The molecule has 0 radical (unpaired) electrons. The first-order valence-electron chi connectivity index (χ1n) is 9.70. The number of methoxy groups -OCH3 is 1. The molecule has 1 atom stereocenters. The van der Waals surface area contributed by atoms with Gasteiger partial charge >= 0.3 is 5.97 Å². The average molecular weight is 412 g/mol. The molecule has 0 aliphatic carbocycles. The molecular formula is C23H28N2O5. The van der Waals surface area contributed by atoms with Crippen LogP contribution in [0.5, 0.6) is 5.75 Å². The minimum absolute atomic E-state index is 0.238. The first-order valence-corrected chi connectivity index (χ1v) is 9.70. The number of para-hydroxylation sites is 1. The fourth-order valence-electron chi connectivity index (χ4n) is 2.83. The van der Waals surface area contributed by atoms with Crippen LogP contribution in [-0.4, -0.2) is 37.5 Å². The van der Waals surface area contributed by atoms with E-state index in [0.29, 0.717) is 17.0 Å². The molecule has 7 heteroatoms. The highest BCUT2D eigenvalue weighted by Crippen LogP contribution is 2.18. The fraction of sp³-hybridized carbons (Fsp3) is 0.348. The fourth-order valence-corrected chi connectivity index (χ4v) is 2.83. The van der Waals surface area contributed by atoms with Gasteiger partial charge < -0.3 is 20.1 Å². The van der Waals surface area contributed by atoms with Gasteiger partial charge in [0, 0.05) is 5.69 Å². The number of amides is 2. The van der Waals surface area contributed by atoms with Crippen molar-refractivity contribution in [2.75, 3.05) is 19.0 Å². The van der Waals surface area contributed by atoms with Crippen LogP contribution in [0, 0.1) is 19.8 Å². The summed E-state index contributed by atoms with van der Waals surface area (Å²) in [7, 11) is 1.47. The summed E-state index contributed by atoms with van der Waals surface area (Å²) < 4.78 is 10.4. The molecule has 0 spiro atoms. The Labute approximate surface area is 176 Å².